The molecule has 4 aliphatic rings. The lowest BCUT2D eigenvalue weighted by molar-refractivity contribution is -0.308. The molecule has 2 amide bonds. The molecule has 1 saturated carbocycles. The number of aliphatic imine (C=N–C) groups is 1. The number of carbonyl (C=O) groups excluding carboxylic acids is 2. The molecule has 192 valence electrons. The molecule has 3 heterocycles. The van der Waals surface area contributed by atoms with Crippen LogP contribution in [0.4, 0.5) is 31.1 Å². The van der Waals surface area contributed by atoms with Crippen LogP contribution in [-0.4, -0.2) is 108 Å². The second kappa shape index (κ2) is 8.76. The van der Waals surface area contributed by atoms with Crippen LogP contribution >= 0.6 is 0 Å². The number of carbonyl (C=O) groups is 2. The van der Waals surface area contributed by atoms with Gasteiger partial charge in [0, 0.05) is 37.8 Å². The van der Waals surface area contributed by atoms with Crippen molar-refractivity contribution in [1.29, 1.82) is 0 Å². The Hall–Kier alpha value is -2.25. The molecular formula is C20H27F6N5O3. The highest BCUT2D eigenvalue weighted by atomic mass is 19.4. The van der Waals surface area contributed by atoms with Crippen LogP contribution in [0.15, 0.2) is 4.99 Å². The number of hydrogen-bond donors (Lipinski definition) is 1. The predicted molar refractivity (Wildman–Crippen MR) is 107 cm³/mol. The van der Waals surface area contributed by atoms with Crippen molar-refractivity contribution in [3.63, 3.8) is 0 Å². The summed E-state index contributed by atoms with van der Waals surface area (Å²) in [5, 5.41) is 2.92. The van der Waals surface area contributed by atoms with Gasteiger partial charge in [-0.2, -0.15) is 26.3 Å². The Morgan fingerprint density at radius 1 is 1.06 bits per heavy atom. The van der Waals surface area contributed by atoms with Gasteiger partial charge in [0.25, 0.3) is 6.10 Å². The van der Waals surface area contributed by atoms with Gasteiger partial charge in [0.1, 0.15) is 11.9 Å². The summed E-state index contributed by atoms with van der Waals surface area (Å²) in [6.45, 7) is 4.37. The van der Waals surface area contributed by atoms with Gasteiger partial charge in [0.15, 0.2) is 0 Å². The fourth-order valence-electron chi connectivity index (χ4n) is 4.56. The lowest BCUT2D eigenvalue weighted by Gasteiger charge is -2.40. The summed E-state index contributed by atoms with van der Waals surface area (Å²) < 4.78 is 79.7. The third-order valence-corrected chi connectivity index (χ3v) is 6.79. The molecule has 3 aliphatic heterocycles. The number of amidine groups is 1. The standard InChI is InChI=1S/C20H27F6N5O3/c1-18(4-6-29(7-5-18)17(33)34-16(19(21,22)23)20(24,25)26)28-15(32)13-10-31-9-8-30(12-2-3-12)11-14(31)27-13/h12-13,16H,2-11H2,1H3,(H,28,32). The SMILES string of the molecule is CC1(NC(=O)C2CN3CCN(C4CC4)CC3=N2)CCN(C(=O)OC(C(F)(F)F)C(F)(F)F)CC1. The van der Waals surface area contributed by atoms with Gasteiger partial charge in [0.2, 0.25) is 5.91 Å². The average molecular weight is 499 g/mol. The summed E-state index contributed by atoms with van der Waals surface area (Å²) in [4.78, 5) is 34.7. The minimum atomic E-state index is -5.77. The third-order valence-electron chi connectivity index (χ3n) is 6.79. The zero-order valence-electron chi connectivity index (χ0n) is 18.6. The molecule has 0 bridgehead atoms. The maximum atomic E-state index is 12.9. The molecule has 14 heteroatoms. The van der Waals surface area contributed by atoms with Crippen molar-refractivity contribution in [3.05, 3.63) is 0 Å². The highest BCUT2D eigenvalue weighted by molar-refractivity contribution is 5.93. The highest BCUT2D eigenvalue weighted by Crippen LogP contribution is 2.36. The number of likely N-dealkylation sites (tertiary alicyclic amines) is 1. The summed E-state index contributed by atoms with van der Waals surface area (Å²) in [6, 6.07) is 0.0318. The fourth-order valence-corrected chi connectivity index (χ4v) is 4.56. The van der Waals surface area contributed by atoms with E-state index in [1.54, 1.807) is 6.92 Å². The van der Waals surface area contributed by atoms with Crippen molar-refractivity contribution in [2.75, 3.05) is 39.3 Å². The van der Waals surface area contributed by atoms with Crippen LogP contribution in [0.2, 0.25) is 0 Å². The van der Waals surface area contributed by atoms with Crippen LogP contribution < -0.4 is 5.32 Å². The maximum absolute atomic E-state index is 12.9. The first-order valence-electron chi connectivity index (χ1n) is 11.2. The van der Waals surface area contributed by atoms with E-state index in [1.807, 2.05) is 0 Å². The van der Waals surface area contributed by atoms with Crippen LogP contribution in [-0.2, 0) is 9.53 Å². The molecule has 0 spiro atoms. The molecule has 1 unspecified atom stereocenters. The predicted octanol–water partition coefficient (Wildman–Crippen LogP) is 2.15. The molecule has 1 atom stereocenters. The highest BCUT2D eigenvalue weighted by Gasteiger charge is 2.60. The van der Waals surface area contributed by atoms with Crippen molar-refractivity contribution in [3.8, 4) is 0 Å². The first-order chi connectivity index (χ1) is 15.7. The van der Waals surface area contributed by atoms with Crippen molar-refractivity contribution in [1.82, 2.24) is 20.0 Å². The van der Waals surface area contributed by atoms with E-state index >= 15 is 0 Å². The van der Waals surface area contributed by atoms with Gasteiger partial charge in [-0.15, -0.1) is 0 Å². The molecule has 3 fully saturated rings. The molecule has 0 radical (unpaired) electrons. The molecular weight excluding hydrogens is 472 g/mol. The van der Waals surface area contributed by atoms with Gasteiger partial charge in [-0.1, -0.05) is 0 Å². The number of piperazine rings is 1. The third kappa shape index (κ3) is 5.52. The van der Waals surface area contributed by atoms with E-state index in [-0.39, 0.29) is 31.8 Å². The van der Waals surface area contributed by atoms with Crippen LogP contribution in [0.1, 0.15) is 32.6 Å². The number of nitrogens with zero attached hydrogens (tertiary/aromatic N) is 4. The van der Waals surface area contributed by atoms with Crippen LogP contribution in [0.25, 0.3) is 0 Å². The van der Waals surface area contributed by atoms with E-state index in [0.717, 1.165) is 30.4 Å². The van der Waals surface area contributed by atoms with E-state index in [9.17, 15) is 35.9 Å². The van der Waals surface area contributed by atoms with Crippen molar-refractivity contribution in [2.45, 2.75) is 68.7 Å². The lowest BCUT2D eigenvalue weighted by atomic mass is 9.89. The molecule has 4 rings (SSSR count). The molecule has 2 saturated heterocycles. The molecule has 0 aromatic heterocycles. The topological polar surface area (TPSA) is 77.5 Å². The quantitative estimate of drug-likeness (QED) is 0.600. The Labute approximate surface area is 192 Å². The van der Waals surface area contributed by atoms with Crippen LogP contribution in [0.5, 0.6) is 0 Å². The van der Waals surface area contributed by atoms with Crippen molar-refractivity contribution < 1.29 is 40.7 Å². The van der Waals surface area contributed by atoms with Crippen molar-refractivity contribution >= 4 is 17.8 Å². The van der Waals surface area contributed by atoms with Crippen LogP contribution in [0.3, 0.4) is 0 Å². The number of fused-ring (bicyclic) bond motifs is 1. The smallest absolute Gasteiger partial charge is 0.426 e. The van der Waals surface area contributed by atoms with E-state index < -0.39 is 36.1 Å². The summed E-state index contributed by atoms with van der Waals surface area (Å²) in [6.07, 6.45) is -14.7. The Bertz CT molecular complexity index is 822. The van der Waals surface area contributed by atoms with Gasteiger partial charge >= 0.3 is 18.4 Å². The molecule has 1 N–H and O–H groups in total. The molecule has 1 aliphatic carbocycles. The monoisotopic (exact) mass is 499 g/mol. The molecule has 8 nitrogen and oxygen atoms in total. The zero-order valence-corrected chi connectivity index (χ0v) is 18.6. The van der Waals surface area contributed by atoms with E-state index in [4.69, 9.17) is 0 Å². The largest absolute Gasteiger partial charge is 0.434 e. The number of nitrogens with one attached hydrogen (secondary N) is 1. The molecule has 0 aromatic carbocycles. The number of alkyl halides is 6. The second-order valence-corrected chi connectivity index (χ2v) is 9.59. The Balaban J connectivity index is 1.28. The normalized spacial score (nSPS) is 25.8. The Morgan fingerprint density at radius 2 is 1.68 bits per heavy atom. The van der Waals surface area contributed by atoms with E-state index in [0.29, 0.717) is 12.6 Å². The van der Waals surface area contributed by atoms with Gasteiger partial charge in [-0.3, -0.25) is 14.7 Å². The zero-order chi connectivity index (χ0) is 24.9. The van der Waals surface area contributed by atoms with Gasteiger partial charge in [-0.05, 0) is 32.6 Å². The van der Waals surface area contributed by atoms with Gasteiger partial charge in [0.05, 0.1) is 13.1 Å². The summed E-state index contributed by atoms with van der Waals surface area (Å²) in [5.41, 5.74) is -0.773. The van der Waals surface area contributed by atoms with E-state index in [2.05, 4.69) is 24.8 Å². The minimum absolute atomic E-state index is 0.152. The summed E-state index contributed by atoms with van der Waals surface area (Å²) in [7, 11) is 0. The number of ether oxygens (including phenoxy) is 1. The number of amides is 2. The number of rotatable bonds is 4. The summed E-state index contributed by atoms with van der Waals surface area (Å²) >= 11 is 0. The second-order valence-electron chi connectivity index (χ2n) is 9.59. The Kier molecular flexibility index (Phi) is 6.40. The lowest BCUT2D eigenvalue weighted by Crippen LogP contribution is -2.57. The van der Waals surface area contributed by atoms with Gasteiger partial charge in [-0.25, -0.2) is 4.79 Å². The van der Waals surface area contributed by atoms with E-state index in [1.165, 1.54) is 12.8 Å². The number of hydrogen-bond acceptors (Lipinski definition) is 6. The maximum Gasteiger partial charge on any atom is 0.434 e. The van der Waals surface area contributed by atoms with Gasteiger partial charge < -0.3 is 19.9 Å². The minimum Gasteiger partial charge on any atom is -0.426 e. The number of halogens is 6. The molecule has 34 heavy (non-hydrogen) atoms. The number of piperidine rings is 1. The first kappa shape index (κ1) is 24.9. The molecule has 0 aromatic rings. The average Bonchev–Trinajstić information content (AvgIpc) is 3.48. The summed E-state index contributed by atoms with van der Waals surface area (Å²) in [5.74, 6) is 0.609. The fraction of sp³-hybridized carbons (Fsp3) is 0.850. The van der Waals surface area contributed by atoms with Crippen LogP contribution in [0, 0.1) is 0 Å². The Morgan fingerprint density at radius 3 is 2.24 bits per heavy atom. The first-order valence-corrected chi connectivity index (χ1v) is 11.2. The van der Waals surface area contributed by atoms with Crippen molar-refractivity contribution in [2.24, 2.45) is 4.99 Å².